The molecule has 0 heterocycles. The van der Waals surface area contributed by atoms with Crippen LogP contribution in [0.2, 0.25) is 0 Å². The fourth-order valence-electron chi connectivity index (χ4n) is 1.91. The van der Waals surface area contributed by atoms with Crippen LogP contribution in [0, 0.1) is 11.2 Å². The second kappa shape index (κ2) is 5.74. The Bertz CT molecular complexity index is 638. The molecule has 20 heavy (non-hydrogen) atoms. The van der Waals surface area contributed by atoms with E-state index in [0.29, 0.717) is 11.7 Å². The number of nitrogens with one attached hydrogen (secondary N) is 1. The molecule has 0 fully saturated rings. The van der Waals surface area contributed by atoms with Crippen molar-refractivity contribution in [2.75, 3.05) is 0 Å². The van der Waals surface area contributed by atoms with E-state index in [4.69, 9.17) is 15.9 Å². The predicted molar refractivity (Wildman–Crippen MR) is 78.0 cm³/mol. The standard InChI is InChI=1S/C16H17FN2O/c1-10(2)11-5-3-6-12(9-11)20-14-8-4-7-13(17)15(14)16(18)19/h3-10H,1-2H3,(H3,18,19). The van der Waals surface area contributed by atoms with Gasteiger partial charge in [-0.25, -0.2) is 4.39 Å². The van der Waals surface area contributed by atoms with Crippen molar-refractivity contribution in [3.8, 4) is 11.5 Å². The minimum Gasteiger partial charge on any atom is -0.456 e. The molecular formula is C16H17FN2O. The van der Waals surface area contributed by atoms with Crippen molar-refractivity contribution in [2.24, 2.45) is 5.73 Å². The molecule has 0 aromatic heterocycles. The molecule has 104 valence electrons. The van der Waals surface area contributed by atoms with E-state index in [1.54, 1.807) is 12.1 Å². The summed E-state index contributed by atoms with van der Waals surface area (Å²) in [4.78, 5) is 0. The zero-order valence-corrected chi connectivity index (χ0v) is 11.5. The van der Waals surface area contributed by atoms with Gasteiger partial charge >= 0.3 is 0 Å². The van der Waals surface area contributed by atoms with E-state index in [1.165, 1.54) is 12.1 Å². The molecule has 2 rings (SSSR count). The van der Waals surface area contributed by atoms with Gasteiger partial charge in [0.05, 0.1) is 5.56 Å². The first-order valence-electron chi connectivity index (χ1n) is 6.39. The van der Waals surface area contributed by atoms with Gasteiger partial charge in [0.1, 0.15) is 23.2 Å². The number of benzene rings is 2. The van der Waals surface area contributed by atoms with Crippen molar-refractivity contribution in [1.82, 2.24) is 0 Å². The molecule has 3 nitrogen and oxygen atoms in total. The van der Waals surface area contributed by atoms with Gasteiger partial charge in [-0.3, -0.25) is 5.41 Å². The largest absolute Gasteiger partial charge is 0.456 e. The Balaban J connectivity index is 2.38. The summed E-state index contributed by atoms with van der Waals surface area (Å²) in [6.07, 6.45) is 0. The highest BCUT2D eigenvalue weighted by Crippen LogP contribution is 2.28. The van der Waals surface area contributed by atoms with Gasteiger partial charge in [-0.1, -0.05) is 32.0 Å². The number of halogens is 1. The summed E-state index contributed by atoms with van der Waals surface area (Å²) in [6, 6.07) is 12.0. The van der Waals surface area contributed by atoms with Crippen molar-refractivity contribution in [3.05, 3.63) is 59.4 Å². The minimum absolute atomic E-state index is 0.0116. The van der Waals surface area contributed by atoms with Gasteiger partial charge in [0, 0.05) is 0 Å². The maximum Gasteiger partial charge on any atom is 0.141 e. The van der Waals surface area contributed by atoms with Crippen molar-refractivity contribution in [2.45, 2.75) is 19.8 Å². The summed E-state index contributed by atoms with van der Waals surface area (Å²) >= 11 is 0. The summed E-state index contributed by atoms with van der Waals surface area (Å²) < 4.78 is 19.4. The zero-order chi connectivity index (χ0) is 14.7. The van der Waals surface area contributed by atoms with Crippen LogP contribution in [0.5, 0.6) is 11.5 Å². The van der Waals surface area contributed by atoms with Crippen LogP contribution in [0.15, 0.2) is 42.5 Å². The lowest BCUT2D eigenvalue weighted by Crippen LogP contribution is -2.14. The van der Waals surface area contributed by atoms with Gasteiger partial charge in [-0.05, 0) is 35.7 Å². The number of nitrogens with two attached hydrogens (primary N) is 1. The SMILES string of the molecule is CC(C)c1cccc(Oc2cccc(F)c2C(=N)N)c1. The van der Waals surface area contributed by atoms with E-state index >= 15 is 0 Å². The highest BCUT2D eigenvalue weighted by Gasteiger charge is 2.13. The molecule has 0 bridgehead atoms. The van der Waals surface area contributed by atoms with Gasteiger partial charge in [-0.15, -0.1) is 0 Å². The molecule has 0 amide bonds. The van der Waals surface area contributed by atoms with Crippen LogP contribution in [0.25, 0.3) is 0 Å². The molecule has 0 unspecified atom stereocenters. The molecule has 0 radical (unpaired) electrons. The van der Waals surface area contributed by atoms with Crippen molar-refractivity contribution < 1.29 is 9.13 Å². The molecular weight excluding hydrogens is 255 g/mol. The average molecular weight is 272 g/mol. The zero-order valence-electron chi connectivity index (χ0n) is 11.5. The maximum absolute atomic E-state index is 13.7. The quantitative estimate of drug-likeness (QED) is 0.652. The lowest BCUT2D eigenvalue weighted by molar-refractivity contribution is 0.474. The van der Waals surface area contributed by atoms with Crippen LogP contribution in [-0.2, 0) is 0 Å². The van der Waals surface area contributed by atoms with E-state index < -0.39 is 5.82 Å². The first-order valence-corrected chi connectivity index (χ1v) is 6.39. The third-order valence-electron chi connectivity index (χ3n) is 3.00. The predicted octanol–water partition coefficient (Wildman–Crippen LogP) is 4.03. The molecule has 3 N–H and O–H groups in total. The number of ether oxygens (including phenoxy) is 1. The fraction of sp³-hybridized carbons (Fsp3) is 0.188. The van der Waals surface area contributed by atoms with Crippen LogP contribution in [0.3, 0.4) is 0 Å². The van der Waals surface area contributed by atoms with E-state index in [2.05, 4.69) is 13.8 Å². The maximum atomic E-state index is 13.7. The summed E-state index contributed by atoms with van der Waals surface area (Å²) in [6.45, 7) is 4.17. The number of rotatable bonds is 4. The first kappa shape index (κ1) is 14.1. The van der Waals surface area contributed by atoms with Crippen LogP contribution in [0.4, 0.5) is 4.39 Å². The third-order valence-corrected chi connectivity index (χ3v) is 3.00. The Kier molecular flexibility index (Phi) is 4.03. The van der Waals surface area contributed by atoms with Crippen LogP contribution in [-0.4, -0.2) is 5.84 Å². The Morgan fingerprint density at radius 1 is 1.20 bits per heavy atom. The Morgan fingerprint density at radius 2 is 1.90 bits per heavy atom. The molecule has 0 saturated heterocycles. The van der Waals surface area contributed by atoms with E-state index in [0.717, 1.165) is 5.56 Å². The number of hydrogen-bond donors (Lipinski definition) is 2. The Morgan fingerprint density at radius 3 is 2.55 bits per heavy atom. The summed E-state index contributed by atoms with van der Waals surface area (Å²) in [7, 11) is 0. The molecule has 0 spiro atoms. The van der Waals surface area contributed by atoms with Crippen LogP contribution in [0.1, 0.15) is 30.9 Å². The van der Waals surface area contributed by atoms with Gasteiger partial charge in [0.25, 0.3) is 0 Å². The first-order chi connectivity index (χ1) is 9.49. The lowest BCUT2D eigenvalue weighted by atomic mass is 10.0. The summed E-state index contributed by atoms with van der Waals surface area (Å²) in [5.41, 5.74) is 6.53. The van der Waals surface area contributed by atoms with Crippen molar-refractivity contribution in [1.29, 1.82) is 5.41 Å². The third kappa shape index (κ3) is 2.96. The molecule has 0 saturated carbocycles. The van der Waals surface area contributed by atoms with E-state index in [9.17, 15) is 4.39 Å². The van der Waals surface area contributed by atoms with Gasteiger partial charge in [-0.2, -0.15) is 0 Å². The van der Waals surface area contributed by atoms with Gasteiger partial charge in [0.2, 0.25) is 0 Å². The number of amidine groups is 1. The van der Waals surface area contributed by atoms with Crippen LogP contribution < -0.4 is 10.5 Å². The monoisotopic (exact) mass is 272 g/mol. The Hall–Kier alpha value is -2.36. The molecule has 0 atom stereocenters. The fourth-order valence-corrected chi connectivity index (χ4v) is 1.91. The second-order valence-corrected chi connectivity index (χ2v) is 4.86. The highest BCUT2D eigenvalue weighted by molar-refractivity contribution is 5.98. The number of nitrogen functional groups attached to an aromatic ring is 1. The normalized spacial score (nSPS) is 10.6. The molecule has 0 aliphatic carbocycles. The molecule has 2 aromatic carbocycles. The van der Waals surface area contributed by atoms with Crippen LogP contribution >= 0.6 is 0 Å². The van der Waals surface area contributed by atoms with Gasteiger partial charge < -0.3 is 10.5 Å². The molecule has 2 aromatic rings. The molecule has 0 aliphatic rings. The second-order valence-electron chi connectivity index (χ2n) is 4.86. The lowest BCUT2D eigenvalue weighted by Gasteiger charge is -2.12. The van der Waals surface area contributed by atoms with Crippen molar-refractivity contribution in [3.63, 3.8) is 0 Å². The smallest absolute Gasteiger partial charge is 0.141 e. The molecule has 4 heteroatoms. The summed E-state index contributed by atoms with van der Waals surface area (Å²) in [5, 5.41) is 7.45. The average Bonchev–Trinajstić information content (AvgIpc) is 2.38. The van der Waals surface area contributed by atoms with Crippen molar-refractivity contribution >= 4 is 5.84 Å². The van der Waals surface area contributed by atoms with E-state index in [-0.39, 0.29) is 17.1 Å². The minimum atomic E-state index is -0.560. The summed E-state index contributed by atoms with van der Waals surface area (Å²) in [5.74, 6) is 0.314. The number of hydrogen-bond acceptors (Lipinski definition) is 2. The van der Waals surface area contributed by atoms with Gasteiger partial charge in [0.15, 0.2) is 0 Å². The highest BCUT2D eigenvalue weighted by atomic mass is 19.1. The molecule has 0 aliphatic heterocycles. The Labute approximate surface area is 117 Å². The van der Waals surface area contributed by atoms with E-state index in [1.807, 2.05) is 18.2 Å². The topological polar surface area (TPSA) is 59.1 Å².